The summed E-state index contributed by atoms with van der Waals surface area (Å²) in [6.45, 7) is 9.90. The number of aliphatic carboxylic acids is 1. The molecule has 0 aromatic heterocycles. The number of carbonyl (C=O) groups is 2. The van der Waals surface area contributed by atoms with Crippen molar-refractivity contribution in [3.8, 4) is 0 Å². The lowest BCUT2D eigenvalue weighted by Crippen LogP contribution is -2.21. The number of rotatable bonds is 3. The molecule has 1 amide bonds. The number of hydrogen-bond donors (Lipinski definition) is 2. The number of amides is 1. The average Bonchev–Trinajstić information content (AvgIpc) is 2.92. The Balaban J connectivity index is 2.21. The third-order valence-electron chi connectivity index (χ3n) is 4.37. The van der Waals surface area contributed by atoms with Crippen LogP contribution in [0.15, 0.2) is 24.3 Å². The lowest BCUT2D eigenvalue weighted by atomic mass is 9.86. The van der Waals surface area contributed by atoms with Gasteiger partial charge in [0.05, 0.1) is 11.8 Å². The largest absolute Gasteiger partial charge is 0.481 e. The molecule has 0 bridgehead atoms. The molecule has 1 saturated carbocycles. The molecule has 2 rings (SSSR count). The molecule has 1 fully saturated rings. The minimum atomic E-state index is -0.899. The van der Waals surface area contributed by atoms with Crippen LogP contribution in [0.1, 0.15) is 40.2 Å². The van der Waals surface area contributed by atoms with Gasteiger partial charge in [0.15, 0.2) is 0 Å². The molecule has 0 spiro atoms. The van der Waals surface area contributed by atoms with E-state index in [0.717, 1.165) is 11.3 Å². The number of carbonyl (C=O) groups excluding carboxylic acids is 1. The average molecular weight is 289 g/mol. The molecule has 114 valence electrons. The fraction of sp³-hybridized carbons (Fsp3) is 0.529. The standard InChI is InChI=1S/C17H23NO3/c1-16(2,3)10-8-6-7-9-11(10)18-14(19)12-13(15(20)21)17(12,4)5/h6-9,12-13H,1-5H3,(H,18,19)(H,20,21). The smallest absolute Gasteiger partial charge is 0.307 e. The lowest BCUT2D eigenvalue weighted by molar-refractivity contribution is -0.140. The molecular formula is C17H23NO3. The van der Waals surface area contributed by atoms with Crippen LogP contribution < -0.4 is 5.32 Å². The summed E-state index contributed by atoms with van der Waals surface area (Å²) in [5, 5.41) is 12.1. The molecule has 0 radical (unpaired) electrons. The Kier molecular flexibility index (Phi) is 3.60. The first-order chi connectivity index (χ1) is 9.56. The quantitative estimate of drug-likeness (QED) is 0.897. The normalized spacial score (nSPS) is 23.5. The third kappa shape index (κ3) is 2.80. The predicted molar refractivity (Wildman–Crippen MR) is 82.2 cm³/mol. The van der Waals surface area contributed by atoms with Crippen LogP contribution in [0, 0.1) is 17.3 Å². The van der Waals surface area contributed by atoms with E-state index in [9.17, 15) is 14.7 Å². The molecule has 1 aliphatic carbocycles. The van der Waals surface area contributed by atoms with E-state index in [2.05, 4.69) is 26.1 Å². The maximum atomic E-state index is 12.4. The highest BCUT2D eigenvalue weighted by atomic mass is 16.4. The molecule has 0 aliphatic heterocycles. The van der Waals surface area contributed by atoms with Crippen LogP contribution in [0.2, 0.25) is 0 Å². The van der Waals surface area contributed by atoms with Gasteiger partial charge in [0.25, 0.3) is 0 Å². The Labute approximate surface area is 125 Å². The Morgan fingerprint density at radius 1 is 1.14 bits per heavy atom. The van der Waals surface area contributed by atoms with E-state index in [0.29, 0.717) is 0 Å². The van der Waals surface area contributed by atoms with Gasteiger partial charge in [-0.3, -0.25) is 9.59 Å². The molecule has 4 nitrogen and oxygen atoms in total. The summed E-state index contributed by atoms with van der Waals surface area (Å²) in [5.74, 6) is -2.17. The van der Waals surface area contributed by atoms with Gasteiger partial charge in [0, 0.05) is 5.69 Å². The highest BCUT2D eigenvalue weighted by Crippen LogP contribution is 2.58. The van der Waals surface area contributed by atoms with E-state index in [4.69, 9.17) is 0 Å². The van der Waals surface area contributed by atoms with Crippen molar-refractivity contribution in [2.45, 2.75) is 40.0 Å². The zero-order valence-electron chi connectivity index (χ0n) is 13.2. The molecule has 4 heteroatoms. The van der Waals surface area contributed by atoms with Gasteiger partial charge in [0.2, 0.25) is 5.91 Å². The van der Waals surface area contributed by atoms with Gasteiger partial charge in [0.1, 0.15) is 0 Å². The van der Waals surface area contributed by atoms with Crippen molar-refractivity contribution in [1.29, 1.82) is 0 Å². The Bertz CT molecular complexity index is 584. The summed E-state index contributed by atoms with van der Waals surface area (Å²) < 4.78 is 0. The molecule has 2 unspecified atom stereocenters. The van der Waals surface area contributed by atoms with Crippen LogP contribution in [0.4, 0.5) is 5.69 Å². The van der Waals surface area contributed by atoms with Gasteiger partial charge in [-0.2, -0.15) is 0 Å². The van der Waals surface area contributed by atoms with Crippen LogP contribution in [0.5, 0.6) is 0 Å². The van der Waals surface area contributed by atoms with E-state index >= 15 is 0 Å². The predicted octanol–water partition coefficient (Wildman–Crippen LogP) is 3.28. The number of hydrogen-bond acceptors (Lipinski definition) is 2. The van der Waals surface area contributed by atoms with Gasteiger partial charge in [-0.1, -0.05) is 52.8 Å². The summed E-state index contributed by atoms with van der Waals surface area (Å²) in [7, 11) is 0. The molecular weight excluding hydrogens is 266 g/mol. The van der Waals surface area contributed by atoms with Crippen LogP contribution in [0.25, 0.3) is 0 Å². The van der Waals surface area contributed by atoms with Crippen molar-refractivity contribution in [3.63, 3.8) is 0 Å². The van der Waals surface area contributed by atoms with E-state index in [-0.39, 0.29) is 11.3 Å². The molecule has 21 heavy (non-hydrogen) atoms. The fourth-order valence-corrected chi connectivity index (χ4v) is 3.04. The molecule has 0 heterocycles. The second-order valence-corrected chi connectivity index (χ2v) is 7.40. The SMILES string of the molecule is CC(C)(C)c1ccccc1NC(=O)C1C(C(=O)O)C1(C)C. The summed E-state index contributed by atoms with van der Waals surface area (Å²) >= 11 is 0. The van der Waals surface area contributed by atoms with Gasteiger partial charge >= 0.3 is 5.97 Å². The molecule has 1 aromatic carbocycles. The Hall–Kier alpha value is -1.84. The number of carboxylic acid groups (broad SMARTS) is 1. The van der Waals surface area contributed by atoms with Crippen molar-refractivity contribution in [2.75, 3.05) is 5.32 Å². The van der Waals surface area contributed by atoms with Crippen LogP contribution >= 0.6 is 0 Å². The van der Waals surface area contributed by atoms with Crippen molar-refractivity contribution in [2.24, 2.45) is 17.3 Å². The van der Waals surface area contributed by atoms with Gasteiger partial charge in [-0.05, 0) is 22.5 Å². The highest BCUT2D eigenvalue weighted by Gasteiger charge is 2.65. The summed E-state index contributed by atoms with van der Waals surface area (Å²) in [5.41, 5.74) is 1.24. The Morgan fingerprint density at radius 2 is 1.71 bits per heavy atom. The number of carboxylic acids is 1. The fourth-order valence-electron chi connectivity index (χ4n) is 3.04. The van der Waals surface area contributed by atoms with Gasteiger partial charge in [-0.15, -0.1) is 0 Å². The summed E-state index contributed by atoms with van der Waals surface area (Å²) in [4.78, 5) is 23.6. The van der Waals surface area contributed by atoms with Crippen molar-refractivity contribution < 1.29 is 14.7 Å². The number of nitrogens with one attached hydrogen (secondary N) is 1. The lowest BCUT2D eigenvalue weighted by Gasteiger charge is -2.23. The van der Waals surface area contributed by atoms with Crippen molar-refractivity contribution in [1.82, 2.24) is 0 Å². The summed E-state index contributed by atoms with van der Waals surface area (Å²) in [6, 6.07) is 7.67. The molecule has 2 N–H and O–H groups in total. The first-order valence-corrected chi connectivity index (χ1v) is 7.20. The zero-order chi connectivity index (χ0) is 16.0. The van der Waals surface area contributed by atoms with Crippen molar-refractivity contribution in [3.05, 3.63) is 29.8 Å². The van der Waals surface area contributed by atoms with E-state index in [1.165, 1.54) is 0 Å². The molecule has 1 aromatic rings. The number of benzene rings is 1. The minimum Gasteiger partial charge on any atom is -0.481 e. The van der Waals surface area contributed by atoms with E-state index < -0.39 is 23.2 Å². The van der Waals surface area contributed by atoms with E-state index in [1.807, 2.05) is 38.1 Å². The molecule has 1 aliphatic rings. The topological polar surface area (TPSA) is 66.4 Å². The van der Waals surface area contributed by atoms with Crippen LogP contribution in [-0.4, -0.2) is 17.0 Å². The number of anilines is 1. The maximum Gasteiger partial charge on any atom is 0.307 e. The van der Waals surface area contributed by atoms with Gasteiger partial charge < -0.3 is 10.4 Å². The molecule has 2 atom stereocenters. The summed E-state index contributed by atoms with van der Waals surface area (Å²) in [6.07, 6.45) is 0. The van der Waals surface area contributed by atoms with Crippen LogP contribution in [0.3, 0.4) is 0 Å². The first-order valence-electron chi connectivity index (χ1n) is 7.20. The third-order valence-corrected chi connectivity index (χ3v) is 4.37. The highest BCUT2D eigenvalue weighted by molar-refractivity contribution is 6.00. The maximum absolute atomic E-state index is 12.4. The monoisotopic (exact) mass is 289 g/mol. The molecule has 0 saturated heterocycles. The second-order valence-electron chi connectivity index (χ2n) is 7.40. The Morgan fingerprint density at radius 3 is 2.19 bits per heavy atom. The van der Waals surface area contributed by atoms with E-state index in [1.54, 1.807) is 0 Å². The number of para-hydroxylation sites is 1. The minimum absolute atomic E-state index is 0.0882. The zero-order valence-corrected chi connectivity index (χ0v) is 13.2. The first kappa shape index (κ1) is 15.5. The van der Waals surface area contributed by atoms with Crippen LogP contribution in [-0.2, 0) is 15.0 Å². The second kappa shape index (κ2) is 4.86. The van der Waals surface area contributed by atoms with Crippen molar-refractivity contribution >= 4 is 17.6 Å². The van der Waals surface area contributed by atoms with Gasteiger partial charge in [-0.25, -0.2) is 0 Å².